The SMILES string of the molecule is CC(C)[C@@H](CC[C@@H](C)C1CCC2C3C(CC[C@@]21C)[C@@]1(C)CCC(=O)C[C@@H]1C[C@H]3O)OS(=O)(=O)[O-].[K+]. The van der Waals surface area contributed by atoms with E-state index in [1.807, 2.05) is 13.8 Å². The molecule has 4 fully saturated rings. The van der Waals surface area contributed by atoms with Crippen molar-refractivity contribution in [3.05, 3.63) is 0 Å². The van der Waals surface area contributed by atoms with Crippen LogP contribution in [0.25, 0.3) is 0 Å². The Balaban J connectivity index is 0.00000342. The molecule has 0 bridgehead atoms. The number of aliphatic hydroxyl groups is 1. The van der Waals surface area contributed by atoms with Gasteiger partial charge in [-0.15, -0.1) is 0 Å². The molecule has 0 aromatic carbocycles. The Morgan fingerprint density at radius 2 is 1.71 bits per heavy atom. The van der Waals surface area contributed by atoms with Crippen LogP contribution >= 0.6 is 0 Å². The van der Waals surface area contributed by atoms with E-state index in [1.54, 1.807) is 0 Å². The first kappa shape index (κ1) is 30.7. The Morgan fingerprint density at radius 1 is 1.06 bits per heavy atom. The molecule has 0 aliphatic heterocycles. The van der Waals surface area contributed by atoms with Crippen LogP contribution in [-0.4, -0.2) is 36.1 Å². The van der Waals surface area contributed by atoms with Crippen LogP contribution in [0.4, 0.5) is 0 Å². The van der Waals surface area contributed by atoms with Gasteiger partial charge in [0.25, 0.3) is 0 Å². The van der Waals surface area contributed by atoms with E-state index in [1.165, 1.54) is 0 Å². The molecule has 0 heterocycles. The van der Waals surface area contributed by atoms with Crippen molar-refractivity contribution in [1.29, 1.82) is 0 Å². The smallest absolute Gasteiger partial charge is 0.726 e. The topological polar surface area (TPSA) is 104 Å². The molecule has 0 saturated heterocycles. The molecule has 10 atom stereocenters. The van der Waals surface area contributed by atoms with Crippen LogP contribution in [-0.2, 0) is 19.4 Å². The fourth-order valence-electron chi connectivity index (χ4n) is 9.26. The molecule has 4 rings (SSSR count). The number of rotatable bonds is 7. The van der Waals surface area contributed by atoms with Gasteiger partial charge >= 0.3 is 51.4 Å². The normalized spacial score (nSPS) is 43.0. The van der Waals surface area contributed by atoms with E-state index in [9.17, 15) is 22.9 Å². The molecule has 0 spiro atoms. The summed E-state index contributed by atoms with van der Waals surface area (Å²) in [6.07, 6.45) is 8.20. The first-order valence-electron chi connectivity index (χ1n) is 13.6. The second kappa shape index (κ2) is 11.3. The summed E-state index contributed by atoms with van der Waals surface area (Å²) in [7, 11) is -4.70. The van der Waals surface area contributed by atoms with Gasteiger partial charge in [-0.2, -0.15) is 0 Å². The fourth-order valence-corrected chi connectivity index (χ4v) is 9.88. The van der Waals surface area contributed by atoms with Crippen molar-refractivity contribution in [2.75, 3.05) is 0 Å². The van der Waals surface area contributed by atoms with E-state index in [4.69, 9.17) is 4.18 Å². The molecule has 6 nitrogen and oxygen atoms in total. The molecule has 4 aliphatic rings. The number of carbonyl (C=O) groups is 1. The van der Waals surface area contributed by atoms with Gasteiger partial charge in [0.2, 0.25) is 10.4 Å². The van der Waals surface area contributed by atoms with Gasteiger partial charge in [-0.3, -0.25) is 8.98 Å². The number of carbonyl (C=O) groups excluding carboxylic acids is 1. The van der Waals surface area contributed by atoms with Crippen LogP contribution in [0.1, 0.15) is 98.8 Å². The maximum Gasteiger partial charge on any atom is 1.00 e. The Morgan fingerprint density at radius 3 is 2.34 bits per heavy atom. The van der Waals surface area contributed by atoms with Crippen molar-refractivity contribution >= 4 is 16.2 Å². The van der Waals surface area contributed by atoms with Gasteiger partial charge in [0.05, 0.1) is 12.2 Å². The second-order valence-corrected chi connectivity index (χ2v) is 14.1. The zero-order valence-corrected chi connectivity index (χ0v) is 26.6. The van der Waals surface area contributed by atoms with Crippen molar-refractivity contribution in [2.45, 2.75) is 111 Å². The van der Waals surface area contributed by atoms with Gasteiger partial charge in [0.15, 0.2) is 0 Å². The largest absolute Gasteiger partial charge is 1.00 e. The predicted octanol–water partition coefficient (Wildman–Crippen LogP) is 2.11. The summed E-state index contributed by atoms with van der Waals surface area (Å²) < 4.78 is 38.4. The summed E-state index contributed by atoms with van der Waals surface area (Å²) in [4.78, 5) is 12.2. The van der Waals surface area contributed by atoms with E-state index < -0.39 is 16.5 Å². The number of fused-ring (bicyclic) bond motifs is 5. The summed E-state index contributed by atoms with van der Waals surface area (Å²) in [5.74, 6) is 2.93. The average molecular weight is 537 g/mol. The summed E-state index contributed by atoms with van der Waals surface area (Å²) in [5.41, 5.74) is 0.350. The van der Waals surface area contributed by atoms with Crippen molar-refractivity contribution in [1.82, 2.24) is 0 Å². The molecule has 1 N–H and O–H groups in total. The molecule has 0 aromatic heterocycles. The number of Topliss-reactive ketones (excluding diaryl/α,β-unsaturated/α-hetero) is 1. The van der Waals surface area contributed by atoms with Crippen LogP contribution in [0.15, 0.2) is 0 Å². The number of hydrogen-bond donors (Lipinski definition) is 1. The minimum absolute atomic E-state index is 0. The molecule has 8 heteroatoms. The third kappa shape index (κ3) is 6.01. The first-order chi connectivity index (χ1) is 15.8. The van der Waals surface area contributed by atoms with E-state index in [0.29, 0.717) is 60.6 Å². The second-order valence-electron chi connectivity index (χ2n) is 13.1. The van der Waals surface area contributed by atoms with Gasteiger partial charge in [0, 0.05) is 12.8 Å². The first-order valence-corrected chi connectivity index (χ1v) is 14.9. The summed E-state index contributed by atoms with van der Waals surface area (Å²) in [6, 6.07) is 0. The summed E-state index contributed by atoms with van der Waals surface area (Å²) in [6.45, 7) is 10.9. The Hall–Kier alpha value is 1.14. The standard InChI is InChI=1S/C27H46O6S.K/c1-16(2)24(33-34(30,31)32)9-6-17(3)20-7-8-21-25-22(11-13-27(20,21)5)26(4)12-10-19(28)14-18(26)15-23(25)29;/h16-18,20-25,29H,6-15H2,1-5H3,(H,30,31,32);/q;+1/p-1/t17-,18-,20?,21?,22?,23-,24-,25?,26+,27-;/m1./s1. The van der Waals surface area contributed by atoms with Crippen molar-refractivity contribution in [3.63, 3.8) is 0 Å². The quantitative estimate of drug-likeness (QED) is 0.304. The van der Waals surface area contributed by atoms with Gasteiger partial charge in [-0.05, 0) is 104 Å². The van der Waals surface area contributed by atoms with Crippen molar-refractivity contribution in [3.8, 4) is 0 Å². The third-order valence-electron chi connectivity index (χ3n) is 11.2. The fraction of sp³-hybridized carbons (Fsp3) is 0.963. The van der Waals surface area contributed by atoms with Crippen LogP contribution in [0.5, 0.6) is 0 Å². The van der Waals surface area contributed by atoms with Crippen LogP contribution in [0.3, 0.4) is 0 Å². The minimum atomic E-state index is -4.70. The van der Waals surface area contributed by atoms with Crippen molar-refractivity contribution in [2.24, 2.45) is 52.3 Å². The molecule has 4 saturated carbocycles. The molecule has 35 heavy (non-hydrogen) atoms. The Labute approximate surface area is 255 Å². The zero-order chi connectivity index (χ0) is 25.1. The van der Waals surface area contributed by atoms with Crippen LogP contribution < -0.4 is 51.4 Å². The van der Waals surface area contributed by atoms with Crippen molar-refractivity contribution < 1.29 is 78.4 Å². The number of aliphatic hydroxyl groups excluding tert-OH is 1. The third-order valence-corrected chi connectivity index (χ3v) is 11.6. The Bertz CT molecular complexity index is 877. The van der Waals surface area contributed by atoms with Gasteiger partial charge in [0.1, 0.15) is 5.78 Å². The number of hydrogen-bond acceptors (Lipinski definition) is 6. The van der Waals surface area contributed by atoms with Gasteiger partial charge in [-0.25, -0.2) is 8.42 Å². The molecule has 196 valence electrons. The van der Waals surface area contributed by atoms with Gasteiger partial charge < -0.3 is 9.66 Å². The molecular formula is C27H45KO6S. The van der Waals surface area contributed by atoms with Gasteiger partial charge in [-0.1, -0.05) is 34.6 Å². The van der Waals surface area contributed by atoms with E-state index in [2.05, 4.69) is 20.8 Å². The average Bonchev–Trinajstić information content (AvgIpc) is 3.08. The molecule has 4 unspecified atom stereocenters. The predicted molar refractivity (Wildman–Crippen MR) is 129 cm³/mol. The molecule has 0 aromatic rings. The zero-order valence-electron chi connectivity index (χ0n) is 22.7. The Kier molecular flexibility index (Phi) is 9.92. The molecule has 0 radical (unpaired) electrons. The van der Waals surface area contributed by atoms with E-state index in [0.717, 1.165) is 44.9 Å². The van der Waals surface area contributed by atoms with Crippen LogP contribution in [0, 0.1) is 52.3 Å². The maximum absolute atomic E-state index is 12.2. The van der Waals surface area contributed by atoms with E-state index >= 15 is 0 Å². The summed E-state index contributed by atoms with van der Waals surface area (Å²) in [5, 5.41) is 11.4. The minimum Gasteiger partial charge on any atom is -0.726 e. The molecule has 4 aliphatic carbocycles. The summed E-state index contributed by atoms with van der Waals surface area (Å²) >= 11 is 0. The maximum atomic E-state index is 12.2. The molecule has 0 amide bonds. The van der Waals surface area contributed by atoms with Crippen LogP contribution in [0.2, 0.25) is 0 Å². The molecular weight excluding hydrogens is 491 g/mol. The number of ketones is 1. The van der Waals surface area contributed by atoms with E-state index in [-0.39, 0.29) is 74.2 Å². The monoisotopic (exact) mass is 536 g/mol.